The van der Waals surface area contributed by atoms with Crippen LogP contribution in [-0.4, -0.2) is 19.0 Å². The molecular formula is C10H13BrO2S. The van der Waals surface area contributed by atoms with E-state index in [4.69, 9.17) is 4.74 Å². The van der Waals surface area contributed by atoms with Gasteiger partial charge in [-0.2, -0.15) is 0 Å². The van der Waals surface area contributed by atoms with Gasteiger partial charge in [-0.25, -0.2) is 0 Å². The van der Waals surface area contributed by atoms with E-state index in [9.17, 15) is 4.79 Å². The third-order valence-electron chi connectivity index (χ3n) is 1.61. The van der Waals surface area contributed by atoms with E-state index in [0.717, 1.165) is 15.1 Å². The van der Waals surface area contributed by atoms with Crippen LogP contribution in [0.3, 0.4) is 0 Å². The molecule has 0 spiro atoms. The van der Waals surface area contributed by atoms with Crippen molar-refractivity contribution in [3.63, 3.8) is 0 Å². The van der Waals surface area contributed by atoms with Crippen molar-refractivity contribution in [3.05, 3.63) is 20.8 Å². The zero-order valence-corrected chi connectivity index (χ0v) is 10.5. The number of rotatable bonds is 6. The molecule has 2 nitrogen and oxygen atoms in total. The molecule has 0 bridgehead atoms. The predicted octanol–water partition coefficient (Wildman–Crippen LogP) is 3.05. The van der Waals surface area contributed by atoms with Gasteiger partial charge in [0.1, 0.15) is 6.61 Å². The number of ether oxygens (including phenoxy) is 1. The molecule has 0 radical (unpaired) electrons. The Morgan fingerprint density at radius 3 is 2.93 bits per heavy atom. The fourth-order valence-electron chi connectivity index (χ4n) is 1.02. The van der Waals surface area contributed by atoms with Crippen molar-refractivity contribution in [2.45, 2.75) is 19.8 Å². The van der Waals surface area contributed by atoms with E-state index in [1.807, 2.05) is 19.1 Å². The third-order valence-corrected chi connectivity index (χ3v) is 3.24. The minimum absolute atomic E-state index is 0.146. The molecule has 14 heavy (non-hydrogen) atoms. The average Bonchev–Trinajstić information content (AvgIpc) is 2.52. The van der Waals surface area contributed by atoms with Crippen LogP contribution in [0.2, 0.25) is 0 Å². The molecule has 4 heteroatoms. The lowest BCUT2D eigenvalue weighted by molar-refractivity contribution is -0.122. The monoisotopic (exact) mass is 276 g/mol. The molecule has 0 saturated carbocycles. The van der Waals surface area contributed by atoms with Crippen molar-refractivity contribution in [2.24, 2.45) is 0 Å². The molecule has 0 amide bonds. The van der Waals surface area contributed by atoms with Crippen molar-refractivity contribution in [1.82, 2.24) is 0 Å². The van der Waals surface area contributed by atoms with Gasteiger partial charge in [0.05, 0.1) is 3.79 Å². The van der Waals surface area contributed by atoms with E-state index >= 15 is 0 Å². The first-order valence-electron chi connectivity index (χ1n) is 4.56. The van der Waals surface area contributed by atoms with Crippen molar-refractivity contribution < 1.29 is 9.53 Å². The van der Waals surface area contributed by atoms with Gasteiger partial charge in [-0.05, 0) is 34.5 Å². The second-order valence-electron chi connectivity index (χ2n) is 2.97. The molecule has 0 N–H and O–H groups in total. The Labute approximate surface area is 96.4 Å². The number of hydrogen-bond donors (Lipinski definition) is 0. The van der Waals surface area contributed by atoms with Crippen LogP contribution in [0.4, 0.5) is 0 Å². The highest BCUT2D eigenvalue weighted by molar-refractivity contribution is 9.11. The maximum atomic E-state index is 11.4. The number of carbonyl (C=O) groups excluding carboxylic acids is 1. The van der Waals surface area contributed by atoms with Crippen LogP contribution in [0.25, 0.3) is 0 Å². The Morgan fingerprint density at radius 1 is 1.57 bits per heavy atom. The number of hydrogen-bond acceptors (Lipinski definition) is 3. The van der Waals surface area contributed by atoms with Gasteiger partial charge in [0.2, 0.25) is 0 Å². The minimum atomic E-state index is 0.146. The molecule has 0 aliphatic carbocycles. The van der Waals surface area contributed by atoms with E-state index < -0.39 is 0 Å². The van der Waals surface area contributed by atoms with E-state index in [0.29, 0.717) is 13.0 Å². The van der Waals surface area contributed by atoms with Crippen molar-refractivity contribution in [1.29, 1.82) is 0 Å². The highest BCUT2D eigenvalue weighted by atomic mass is 79.9. The first-order chi connectivity index (χ1) is 6.72. The summed E-state index contributed by atoms with van der Waals surface area (Å²) in [6, 6.07) is 3.92. The van der Waals surface area contributed by atoms with Crippen LogP contribution in [-0.2, 0) is 16.0 Å². The minimum Gasteiger partial charge on any atom is -0.374 e. The zero-order chi connectivity index (χ0) is 10.4. The molecule has 0 atom stereocenters. The van der Waals surface area contributed by atoms with Crippen LogP contribution in [0.1, 0.15) is 18.2 Å². The van der Waals surface area contributed by atoms with E-state index in [-0.39, 0.29) is 12.4 Å². The molecule has 0 fully saturated rings. The SMILES string of the molecule is CCCOCC(=O)Cc1ccc(Br)s1. The molecule has 0 aliphatic rings. The van der Waals surface area contributed by atoms with Crippen LogP contribution in [0, 0.1) is 0 Å². The average molecular weight is 277 g/mol. The summed E-state index contributed by atoms with van der Waals surface area (Å²) in [4.78, 5) is 12.4. The Morgan fingerprint density at radius 2 is 2.36 bits per heavy atom. The predicted molar refractivity (Wildman–Crippen MR) is 61.8 cm³/mol. The van der Waals surface area contributed by atoms with Crippen molar-refractivity contribution in [2.75, 3.05) is 13.2 Å². The lowest BCUT2D eigenvalue weighted by atomic mass is 10.2. The normalized spacial score (nSPS) is 10.4. The summed E-state index contributed by atoms with van der Waals surface area (Å²) in [5.74, 6) is 0.146. The first kappa shape index (κ1) is 11.9. The lowest BCUT2D eigenvalue weighted by Crippen LogP contribution is -2.11. The molecule has 0 saturated heterocycles. The largest absolute Gasteiger partial charge is 0.374 e. The number of ketones is 1. The molecule has 0 aliphatic heterocycles. The van der Waals surface area contributed by atoms with Crippen LogP contribution >= 0.6 is 27.3 Å². The molecular weight excluding hydrogens is 264 g/mol. The van der Waals surface area contributed by atoms with E-state index in [1.165, 1.54) is 0 Å². The summed E-state index contributed by atoms with van der Waals surface area (Å²) < 4.78 is 6.23. The second kappa shape index (κ2) is 6.32. The van der Waals surface area contributed by atoms with Gasteiger partial charge >= 0.3 is 0 Å². The Balaban J connectivity index is 2.27. The maximum Gasteiger partial charge on any atom is 0.163 e. The molecule has 78 valence electrons. The number of thiophene rings is 1. The summed E-state index contributed by atoms with van der Waals surface area (Å²) in [7, 11) is 0. The van der Waals surface area contributed by atoms with Gasteiger partial charge in [-0.3, -0.25) is 4.79 Å². The van der Waals surface area contributed by atoms with Crippen molar-refractivity contribution >= 4 is 33.0 Å². The lowest BCUT2D eigenvalue weighted by Gasteiger charge is -2.00. The van der Waals surface area contributed by atoms with E-state index in [2.05, 4.69) is 15.9 Å². The number of halogens is 1. The second-order valence-corrected chi connectivity index (χ2v) is 5.52. The van der Waals surface area contributed by atoms with Gasteiger partial charge in [0.25, 0.3) is 0 Å². The Hall–Kier alpha value is -0.190. The summed E-state index contributed by atoms with van der Waals surface area (Å²) in [6.07, 6.45) is 1.44. The van der Waals surface area contributed by atoms with Crippen LogP contribution in [0.5, 0.6) is 0 Å². The molecule has 1 aromatic heterocycles. The smallest absolute Gasteiger partial charge is 0.163 e. The maximum absolute atomic E-state index is 11.4. The van der Waals surface area contributed by atoms with Gasteiger partial charge in [0, 0.05) is 17.9 Å². The van der Waals surface area contributed by atoms with Gasteiger partial charge in [-0.1, -0.05) is 6.92 Å². The summed E-state index contributed by atoms with van der Waals surface area (Å²) in [6.45, 7) is 2.93. The molecule has 1 aromatic rings. The Bertz CT molecular complexity index is 296. The molecule has 1 rings (SSSR count). The third kappa shape index (κ3) is 4.35. The highest BCUT2D eigenvalue weighted by Gasteiger charge is 2.05. The van der Waals surface area contributed by atoms with Gasteiger partial charge < -0.3 is 4.74 Å². The first-order valence-corrected chi connectivity index (χ1v) is 6.17. The quantitative estimate of drug-likeness (QED) is 0.747. The van der Waals surface area contributed by atoms with Gasteiger partial charge in [0.15, 0.2) is 5.78 Å². The number of Topliss-reactive ketones (excluding diaryl/α,β-unsaturated/α-hetero) is 1. The van der Waals surface area contributed by atoms with Crippen LogP contribution < -0.4 is 0 Å². The molecule has 0 unspecified atom stereocenters. The summed E-state index contributed by atoms with van der Waals surface area (Å²) in [5, 5.41) is 0. The fourth-order valence-corrected chi connectivity index (χ4v) is 2.53. The fraction of sp³-hybridized carbons (Fsp3) is 0.500. The Kier molecular flexibility index (Phi) is 5.37. The standard InChI is InChI=1S/C10H13BrO2S/c1-2-5-13-7-8(12)6-9-3-4-10(11)14-9/h3-4H,2,5-7H2,1H3. The highest BCUT2D eigenvalue weighted by Crippen LogP contribution is 2.22. The van der Waals surface area contributed by atoms with Crippen molar-refractivity contribution in [3.8, 4) is 0 Å². The van der Waals surface area contributed by atoms with Gasteiger partial charge in [-0.15, -0.1) is 11.3 Å². The summed E-state index contributed by atoms with van der Waals surface area (Å²) >= 11 is 4.96. The zero-order valence-electron chi connectivity index (χ0n) is 8.09. The van der Waals surface area contributed by atoms with Crippen LogP contribution in [0.15, 0.2) is 15.9 Å². The summed E-state index contributed by atoms with van der Waals surface area (Å²) in [5.41, 5.74) is 0. The molecule has 0 aromatic carbocycles. The van der Waals surface area contributed by atoms with E-state index in [1.54, 1.807) is 11.3 Å². The topological polar surface area (TPSA) is 26.3 Å². The molecule has 1 heterocycles. The number of carbonyl (C=O) groups is 1.